The predicted molar refractivity (Wildman–Crippen MR) is 162 cm³/mol. The third-order valence-corrected chi connectivity index (χ3v) is 7.28. The van der Waals surface area contributed by atoms with Crippen LogP contribution in [0.1, 0.15) is 0 Å². The van der Waals surface area contributed by atoms with Crippen molar-refractivity contribution < 1.29 is 0 Å². The molecule has 40 heavy (non-hydrogen) atoms. The number of para-hydroxylation sites is 1. The molecule has 8 aromatic rings. The van der Waals surface area contributed by atoms with Crippen molar-refractivity contribution in [2.75, 3.05) is 0 Å². The summed E-state index contributed by atoms with van der Waals surface area (Å²) in [6.45, 7) is 0. The minimum Gasteiger partial charge on any atom is -0.254 e. The average Bonchev–Trinajstić information content (AvgIpc) is 3.04. The number of benzene rings is 4. The van der Waals surface area contributed by atoms with Crippen LogP contribution < -0.4 is 0 Å². The standard InChI is InChI=1S/C35H21N5/c1-3-10-22(11-4-1)29-21-30(23-12-5-2-6-13-23)39-35(38-29)34-27-20-25-18-17-24-14-9-19-36-31(24)32(25)40-33(27)26-15-7-8-16-28(26)37-34/h1-21H. The number of fused-ring (bicyclic) bond motifs is 6. The largest absolute Gasteiger partial charge is 0.254 e. The third kappa shape index (κ3) is 3.68. The number of hydrogen-bond acceptors (Lipinski definition) is 5. The third-order valence-electron chi connectivity index (χ3n) is 7.28. The lowest BCUT2D eigenvalue weighted by molar-refractivity contribution is 1.16. The molecule has 0 aliphatic heterocycles. The Labute approximate surface area is 229 Å². The normalized spacial score (nSPS) is 11.5. The van der Waals surface area contributed by atoms with Gasteiger partial charge in [0.1, 0.15) is 5.69 Å². The molecular weight excluding hydrogens is 490 g/mol. The topological polar surface area (TPSA) is 64.5 Å². The number of pyridine rings is 3. The molecule has 4 aromatic heterocycles. The van der Waals surface area contributed by atoms with Crippen molar-refractivity contribution in [3.8, 4) is 34.0 Å². The summed E-state index contributed by atoms with van der Waals surface area (Å²) in [7, 11) is 0. The van der Waals surface area contributed by atoms with Crippen LogP contribution in [0.15, 0.2) is 128 Å². The van der Waals surface area contributed by atoms with Gasteiger partial charge in [0.2, 0.25) is 0 Å². The maximum atomic E-state index is 5.22. The Morgan fingerprint density at radius 3 is 1.85 bits per heavy atom. The number of rotatable bonds is 3. The van der Waals surface area contributed by atoms with Crippen LogP contribution in [-0.4, -0.2) is 24.9 Å². The van der Waals surface area contributed by atoms with Gasteiger partial charge >= 0.3 is 0 Å². The molecule has 0 spiro atoms. The van der Waals surface area contributed by atoms with Gasteiger partial charge in [-0.25, -0.2) is 19.9 Å². The molecule has 0 radical (unpaired) electrons. The van der Waals surface area contributed by atoms with Crippen LogP contribution in [0.3, 0.4) is 0 Å². The summed E-state index contributed by atoms with van der Waals surface area (Å²) in [4.78, 5) is 25.2. The first-order valence-corrected chi connectivity index (χ1v) is 13.2. The minimum atomic E-state index is 0.566. The van der Waals surface area contributed by atoms with E-state index in [-0.39, 0.29) is 0 Å². The van der Waals surface area contributed by atoms with Gasteiger partial charge < -0.3 is 0 Å². The zero-order valence-corrected chi connectivity index (χ0v) is 21.4. The summed E-state index contributed by atoms with van der Waals surface area (Å²) in [5.74, 6) is 0.566. The molecule has 186 valence electrons. The lowest BCUT2D eigenvalue weighted by Crippen LogP contribution is -2.00. The van der Waals surface area contributed by atoms with Crippen LogP contribution in [0.5, 0.6) is 0 Å². The molecule has 0 saturated heterocycles. The first kappa shape index (κ1) is 22.4. The van der Waals surface area contributed by atoms with Gasteiger partial charge in [0.25, 0.3) is 0 Å². The van der Waals surface area contributed by atoms with E-state index in [4.69, 9.17) is 19.9 Å². The summed E-state index contributed by atoms with van der Waals surface area (Å²) in [5, 5.41) is 3.95. The molecule has 0 amide bonds. The molecule has 0 N–H and O–H groups in total. The van der Waals surface area contributed by atoms with Crippen molar-refractivity contribution in [1.29, 1.82) is 0 Å². The van der Waals surface area contributed by atoms with E-state index in [1.165, 1.54) is 0 Å². The molecule has 0 aliphatic carbocycles. The summed E-state index contributed by atoms with van der Waals surface area (Å²) >= 11 is 0. The maximum absolute atomic E-state index is 5.22. The van der Waals surface area contributed by atoms with Gasteiger partial charge in [-0.3, -0.25) is 4.98 Å². The first-order chi connectivity index (χ1) is 19.8. The molecule has 0 atom stereocenters. The van der Waals surface area contributed by atoms with E-state index in [2.05, 4.69) is 59.6 Å². The molecule has 4 aromatic carbocycles. The second-order valence-corrected chi connectivity index (χ2v) is 9.77. The highest BCUT2D eigenvalue weighted by molar-refractivity contribution is 6.14. The predicted octanol–water partition coefficient (Wildman–Crippen LogP) is 8.28. The van der Waals surface area contributed by atoms with Crippen molar-refractivity contribution in [3.05, 3.63) is 128 Å². The van der Waals surface area contributed by atoms with Gasteiger partial charge in [-0.05, 0) is 24.3 Å². The number of aromatic nitrogens is 5. The summed E-state index contributed by atoms with van der Waals surface area (Å²) < 4.78 is 0. The van der Waals surface area contributed by atoms with Gasteiger partial charge in [0.05, 0.1) is 33.5 Å². The molecule has 0 bridgehead atoms. The smallest absolute Gasteiger partial charge is 0.180 e. The van der Waals surface area contributed by atoms with E-state index in [0.717, 1.165) is 66.1 Å². The summed E-state index contributed by atoms with van der Waals surface area (Å²) in [5.41, 5.74) is 7.91. The van der Waals surface area contributed by atoms with Crippen LogP contribution in [0.4, 0.5) is 0 Å². The molecule has 0 aliphatic rings. The van der Waals surface area contributed by atoms with E-state index in [1.807, 2.05) is 72.9 Å². The van der Waals surface area contributed by atoms with Gasteiger partial charge in [-0.1, -0.05) is 97.1 Å². The Morgan fingerprint density at radius 2 is 1.10 bits per heavy atom. The van der Waals surface area contributed by atoms with Crippen LogP contribution in [-0.2, 0) is 0 Å². The Bertz CT molecular complexity index is 2150. The van der Waals surface area contributed by atoms with Crippen molar-refractivity contribution in [1.82, 2.24) is 24.9 Å². The quantitative estimate of drug-likeness (QED) is 0.176. The summed E-state index contributed by atoms with van der Waals surface area (Å²) in [6, 6.07) is 40.9. The molecule has 8 rings (SSSR count). The molecule has 0 unspecified atom stereocenters. The molecular formula is C35H21N5. The van der Waals surface area contributed by atoms with Gasteiger partial charge in [0.15, 0.2) is 5.82 Å². The van der Waals surface area contributed by atoms with E-state index in [9.17, 15) is 0 Å². The van der Waals surface area contributed by atoms with Crippen LogP contribution >= 0.6 is 0 Å². The monoisotopic (exact) mass is 511 g/mol. The Hall–Kier alpha value is -5.55. The van der Waals surface area contributed by atoms with Crippen molar-refractivity contribution in [2.24, 2.45) is 0 Å². The second-order valence-electron chi connectivity index (χ2n) is 9.77. The van der Waals surface area contributed by atoms with Crippen LogP contribution in [0.2, 0.25) is 0 Å². The average molecular weight is 512 g/mol. The molecule has 0 fully saturated rings. The van der Waals surface area contributed by atoms with E-state index < -0.39 is 0 Å². The van der Waals surface area contributed by atoms with Gasteiger partial charge in [-0.2, -0.15) is 0 Å². The fraction of sp³-hybridized carbons (Fsp3) is 0. The highest BCUT2D eigenvalue weighted by Crippen LogP contribution is 2.35. The first-order valence-electron chi connectivity index (χ1n) is 13.2. The van der Waals surface area contributed by atoms with Gasteiger partial charge in [-0.15, -0.1) is 0 Å². The van der Waals surface area contributed by atoms with E-state index in [0.29, 0.717) is 11.5 Å². The van der Waals surface area contributed by atoms with Crippen molar-refractivity contribution in [3.63, 3.8) is 0 Å². The molecule has 5 nitrogen and oxygen atoms in total. The fourth-order valence-electron chi connectivity index (χ4n) is 5.35. The van der Waals surface area contributed by atoms with Crippen molar-refractivity contribution >= 4 is 43.6 Å². The second kappa shape index (κ2) is 9.03. The lowest BCUT2D eigenvalue weighted by Gasteiger charge is -2.13. The number of hydrogen-bond donors (Lipinski definition) is 0. The SMILES string of the molecule is c1ccc(-c2cc(-c3ccccc3)nc(-c3nc4ccccc4c4nc5c(ccc6cccnc65)cc34)n2)cc1. The Kier molecular flexibility index (Phi) is 5.07. The van der Waals surface area contributed by atoms with Crippen molar-refractivity contribution in [2.45, 2.75) is 0 Å². The van der Waals surface area contributed by atoms with Crippen LogP contribution in [0.25, 0.3) is 77.6 Å². The van der Waals surface area contributed by atoms with Crippen LogP contribution in [0, 0.1) is 0 Å². The summed E-state index contributed by atoms with van der Waals surface area (Å²) in [6.07, 6.45) is 1.82. The van der Waals surface area contributed by atoms with Gasteiger partial charge in [0, 0.05) is 38.9 Å². The minimum absolute atomic E-state index is 0.566. The molecule has 4 heterocycles. The highest BCUT2D eigenvalue weighted by Gasteiger charge is 2.18. The Balaban J connectivity index is 1.48. The zero-order valence-electron chi connectivity index (χ0n) is 21.4. The fourth-order valence-corrected chi connectivity index (χ4v) is 5.35. The maximum Gasteiger partial charge on any atom is 0.180 e. The number of nitrogens with zero attached hydrogens (tertiary/aromatic N) is 5. The zero-order chi connectivity index (χ0) is 26.5. The highest BCUT2D eigenvalue weighted by atomic mass is 14.9. The Morgan fingerprint density at radius 1 is 0.425 bits per heavy atom. The molecule has 0 saturated carbocycles. The van der Waals surface area contributed by atoms with E-state index in [1.54, 1.807) is 0 Å². The molecule has 5 heteroatoms. The lowest BCUT2D eigenvalue weighted by atomic mass is 10.0. The van der Waals surface area contributed by atoms with E-state index >= 15 is 0 Å².